The number of hydrogen-bond donors (Lipinski definition) is 0. The summed E-state index contributed by atoms with van der Waals surface area (Å²) in [6, 6.07) is 2.07. The molecular weight excluding hydrogens is 281 g/mol. The van der Waals surface area contributed by atoms with Crippen LogP contribution in [0.1, 0.15) is 0 Å². The lowest BCUT2D eigenvalue weighted by Crippen LogP contribution is -2.35. The molecule has 1 aromatic rings. The molecular formula is C8H8ClF3N2O2S. The van der Waals surface area contributed by atoms with E-state index in [1.807, 2.05) is 0 Å². The van der Waals surface area contributed by atoms with Crippen molar-refractivity contribution in [1.82, 2.24) is 9.29 Å². The van der Waals surface area contributed by atoms with Gasteiger partial charge in [-0.15, -0.1) is 0 Å². The molecule has 0 radical (unpaired) electrons. The van der Waals surface area contributed by atoms with Crippen LogP contribution < -0.4 is 0 Å². The molecule has 0 N–H and O–H groups in total. The highest BCUT2D eigenvalue weighted by atomic mass is 35.5. The second kappa shape index (κ2) is 4.79. The van der Waals surface area contributed by atoms with Crippen molar-refractivity contribution >= 4 is 21.6 Å². The van der Waals surface area contributed by atoms with Gasteiger partial charge in [0.25, 0.3) is 0 Å². The third kappa shape index (κ3) is 3.83. The Hall–Kier alpha value is -0.860. The van der Waals surface area contributed by atoms with Crippen molar-refractivity contribution < 1.29 is 21.6 Å². The van der Waals surface area contributed by atoms with Crippen molar-refractivity contribution in [2.24, 2.45) is 0 Å². The molecule has 0 aliphatic heterocycles. The zero-order chi connectivity index (χ0) is 13.3. The summed E-state index contributed by atoms with van der Waals surface area (Å²) >= 11 is 5.47. The number of halogens is 4. The minimum Gasteiger partial charge on any atom is -0.244 e. The predicted octanol–water partition coefficient (Wildman–Crippen LogP) is 1.92. The summed E-state index contributed by atoms with van der Waals surface area (Å²) in [5.41, 5.74) is 0. The Kier molecular flexibility index (Phi) is 4.00. The Labute approximate surface area is 101 Å². The quantitative estimate of drug-likeness (QED) is 0.799. The van der Waals surface area contributed by atoms with Gasteiger partial charge in [0.1, 0.15) is 11.7 Å². The van der Waals surface area contributed by atoms with Crippen LogP contribution in [0.5, 0.6) is 0 Å². The largest absolute Gasteiger partial charge is 0.402 e. The van der Waals surface area contributed by atoms with Crippen LogP contribution in [0.15, 0.2) is 23.2 Å². The van der Waals surface area contributed by atoms with Crippen molar-refractivity contribution in [3.8, 4) is 0 Å². The van der Waals surface area contributed by atoms with Gasteiger partial charge in [0.2, 0.25) is 10.0 Å². The molecule has 0 amide bonds. The van der Waals surface area contributed by atoms with E-state index in [0.29, 0.717) is 0 Å². The Morgan fingerprint density at radius 1 is 1.47 bits per heavy atom. The van der Waals surface area contributed by atoms with Crippen LogP contribution in [0.3, 0.4) is 0 Å². The first-order chi connectivity index (χ1) is 7.63. The van der Waals surface area contributed by atoms with E-state index in [9.17, 15) is 21.6 Å². The van der Waals surface area contributed by atoms with E-state index in [1.54, 1.807) is 0 Å². The van der Waals surface area contributed by atoms with E-state index < -0.39 is 22.7 Å². The molecule has 0 aliphatic carbocycles. The smallest absolute Gasteiger partial charge is 0.244 e. The van der Waals surface area contributed by atoms with Crippen molar-refractivity contribution in [2.45, 2.75) is 11.1 Å². The van der Waals surface area contributed by atoms with Gasteiger partial charge in [-0.3, -0.25) is 0 Å². The first kappa shape index (κ1) is 14.2. The molecule has 0 aliphatic rings. The maximum atomic E-state index is 12.1. The van der Waals surface area contributed by atoms with Gasteiger partial charge in [0.15, 0.2) is 0 Å². The lowest BCUT2D eigenvalue weighted by molar-refractivity contribution is -0.134. The molecule has 1 aromatic heterocycles. The molecule has 0 unspecified atom stereocenters. The predicted molar refractivity (Wildman–Crippen MR) is 55.1 cm³/mol. The number of pyridine rings is 1. The molecule has 0 bridgehead atoms. The fourth-order valence-corrected chi connectivity index (χ4v) is 2.47. The highest BCUT2D eigenvalue weighted by Crippen LogP contribution is 2.22. The average Bonchev–Trinajstić information content (AvgIpc) is 2.15. The third-order valence-electron chi connectivity index (χ3n) is 1.81. The lowest BCUT2D eigenvalue weighted by Gasteiger charge is -2.18. The summed E-state index contributed by atoms with van der Waals surface area (Å²) < 4.78 is 59.9. The Morgan fingerprint density at radius 2 is 2.06 bits per heavy atom. The van der Waals surface area contributed by atoms with Gasteiger partial charge < -0.3 is 0 Å². The van der Waals surface area contributed by atoms with E-state index >= 15 is 0 Å². The summed E-state index contributed by atoms with van der Waals surface area (Å²) in [4.78, 5) is 3.22. The monoisotopic (exact) mass is 288 g/mol. The lowest BCUT2D eigenvalue weighted by atomic mass is 10.5. The minimum atomic E-state index is -4.60. The van der Waals surface area contributed by atoms with E-state index in [4.69, 9.17) is 11.6 Å². The molecule has 0 atom stereocenters. The van der Waals surface area contributed by atoms with Crippen molar-refractivity contribution in [2.75, 3.05) is 13.6 Å². The normalized spacial score (nSPS) is 13.1. The molecule has 1 heterocycles. The zero-order valence-electron chi connectivity index (χ0n) is 8.57. The molecule has 4 nitrogen and oxygen atoms in total. The fraction of sp³-hybridized carbons (Fsp3) is 0.375. The molecule has 0 fully saturated rings. The molecule has 17 heavy (non-hydrogen) atoms. The van der Waals surface area contributed by atoms with E-state index in [1.165, 1.54) is 0 Å². The topological polar surface area (TPSA) is 50.3 Å². The maximum absolute atomic E-state index is 12.1. The van der Waals surface area contributed by atoms with Gasteiger partial charge in [-0.2, -0.15) is 17.5 Å². The fourth-order valence-electron chi connectivity index (χ4n) is 1.06. The van der Waals surface area contributed by atoms with Crippen molar-refractivity contribution in [1.29, 1.82) is 0 Å². The zero-order valence-corrected chi connectivity index (χ0v) is 10.1. The molecule has 0 spiro atoms. The number of hydrogen-bond acceptors (Lipinski definition) is 3. The molecule has 0 aromatic carbocycles. The van der Waals surface area contributed by atoms with Crippen LogP contribution in [0.4, 0.5) is 13.2 Å². The molecule has 9 heteroatoms. The standard InChI is InChI=1S/C8H8ClF3N2O2S/c1-14(5-8(10,11)12)17(15,16)6-2-3-13-7(9)4-6/h2-4H,5H2,1H3. The van der Waals surface area contributed by atoms with Gasteiger partial charge in [-0.1, -0.05) is 11.6 Å². The van der Waals surface area contributed by atoms with Crippen LogP contribution in [0.2, 0.25) is 5.15 Å². The van der Waals surface area contributed by atoms with Crippen LogP contribution >= 0.6 is 11.6 Å². The Balaban J connectivity index is 3.04. The van der Waals surface area contributed by atoms with E-state index in [0.717, 1.165) is 25.4 Å². The van der Waals surface area contributed by atoms with Crippen LogP contribution in [0, 0.1) is 0 Å². The average molecular weight is 289 g/mol. The van der Waals surface area contributed by atoms with Crippen LogP contribution in [0.25, 0.3) is 0 Å². The summed E-state index contributed by atoms with van der Waals surface area (Å²) in [7, 11) is -3.36. The van der Waals surface area contributed by atoms with Crippen molar-refractivity contribution in [3.05, 3.63) is 23.5 Å². The number of sulfonamides is 1. The molecule has 96 valence electrons. The maximum Gasteiger partial charge on any atom is 0.402 e. The Morgan fingerprint density at radius 3 is 2.53 bits per heavy atom. The van der Waals surface area contributed by atoms with E-state index in [2.05, 4.69) is 4.98 Å². The van der Waals surface area contributed by atoms with Gasteiger partial charge in [-0.05, 0) is 12.1 Å². The number of rotatable bonds is 3. The minimum absolute atomic E-state index is 0.105. The molecule has 0 saturated heterocycles. The second-order valence-corrected chi connectivity index (χ2v) is 5.62. The highest BCUT2D eigenvalue weighted by molar-refractivity contribution is 7.89. The number of nitrogens with zero attached hydrogens (tertiary/aromatic N) is 2. The van der Waals surface area contributed by atoms with Gasteiger partial charge >= 0.3 is 6.18 Å². The number of alkyl halides is 3. The third-order valence-corrected chi connectivity index (χ3v) is 3.81. The summed E-state index contributed by atoms with van der Waals surface area (Å²) in [6.45, 7) is -1.56. The summed E-state index contributed by atoms with van der Waals surface area (Å²) in [5, 5.41) is -0.105. The first-order valence-electron chi connectivity index (χ1n) is 4.27. The van der Waals surface area contributed by atoms with Gasteiger partial charge in [0.05, 0.1) is 4.90 Å². The first-order valence-corrected chi connectivity index (χ1v) is 6.09. The Bertz CT molecular complexity index is 504. The van der Waals surface area contributed by atoms with Crippen LogP contribution in [-0.4, -0.2) is 37.5 Å². The van der Waals surface area contributed by atoms with Gasteiger partial charge in [-0.25, -0.2) is 13.4 Å². The summed E-state index contributed by atoms with van der Waals surface area (Å²) in [6.07, 6.45) is -3.49. The molecule has 1 rings (SSSR count). The molecule has 0 saturated carbocycles. The van der Waals surface area contributed by atoms with Gasteiger partial charge in [0, 0.05) is 13.2 Å². The SMILES string of the molecule is CN(CC(F)(F)F)S(=O)(=O)c1ccnc(Cl)c1. The number of aromatic nitrogens is 1. The van der Waals surface area contributed by atoms with Crippen molar-refractivity contribution in [3.63, 3.8) is 0 Å². The summed E-state index contributed by atoms with van der Waals surface area (Å²) in [5.74, 6) is 0. The highest BCUT2D eigenvalue weighted by Gasteiger charge is 2.34. The van der Waals surface area contributed by atoms with Crippen LogP contribution in [-0.2, 0) is 10.0 Å². The second-order valence-electron chi connectivity index (χ2n) is 3.19. The van der Waals surface area contributed by atoms with E-state index in [-0.39, 0.29) is 14.4 Å².